The van der Waals surface area contributed by atoms with Crippen LogP contribution in [0.25, 0.3) is 33.1 Å². The second-order valence-corrected chi connectivity index (χ2v) is 7.64. The van der Waals surface area contributed by atoms with Crippen LogP contribution in [-0.2, 0) is 0 Å². The lowest BCUT2D eigenvalue weighted by molar-refractivity contribution is -0.384. The first-order chi connectivity index (χ1) is 15.4. The van der Waals surface area contributed by atoms with Gasteiger partial charge in [-0.05, 0) is 55.3 Å². The lowest BCUT2D eigenvalue weighted by Gasteiger charge is -2.10. The molecule has 0 bridgehead atoms. The Hall–Kier alpha value is -4.39. The van der Waals surface area contributed by atoms with E-state index >= 15 is 0 Å². The zero-order valence-corrected chi connectivity index (χ0v) is 17.3. The minimum atomic E-state index is -0.538. The lowest BCUT2D eigenvalue weighted by atomic mass is 10.0. The van der Waals surface area contributed by atoms with Gasteiger partial charge in [0.15, 0.2) is 5.58 Å². The van der Waals surface area contributed by atoms with Crippen molar-refractivity contribution in [2.24, 2.45) is 0 Å². The molecule has 5 aromatic rings. The van der Waals surface area contributed by atoms with Crippen LogP contribution in [0.2, 0.25) is 0 Å². The summed E-state index contributed by atoms with van der Waals surface area (Å²) in [6.07, 6.45) is 0. The number of anilines is 2. The number of benzene rings is 3. The number of hydrogen-bond acceptors (Lipinski definition) is 6. The molecule has 0 aliphatic carbocycles. The van der Waals surface area contributed by atoms with Crippen LogP contribution in [-0.4, -0.2) is 4.92 Å². The smallest absolute Gasteiger partial charge is 0.348 e. The van der Waals surface area contributed by atoms with Gasteiger partial charge in [0.05, 0.1) is 15.9 Å². The first-order valence-corrected chi connectivity index (χ1v) is 10.00. The van der Waals surface area contributed by atoms with Gasteiger partial charge in [-0.1, -0.05) is 29.8 Å². The highest BCUT2D eigenvalue weighted by atomic mass is 16.6. The van der Waals surface area contributed by atoms with Gasteiger partial charge in [-0.25, -0.2) is 4.79 Å². The number of hydrogen-bond donors (Lipinski definition) is 1. The Kier molecular flexibility index (Phi) is 4.52. The van der Waals surface area contributed by atoms with E-state index in [0.717, 1.165) is 16.8 Å². The zero-order valence-electron chi connectivity index (χ0n) is 17.3. The van der Waals surface area contributed by atoms with Gasteiger partial charge in [0.2, 0.25) is 5.88 Å². The molecule has 0 unspecified atom stereocenters. The van der Waals surface area contributed by atoms with Crippen LogP contribution in [0.15, 0.2) is 80.4 Å². The molecule has 0 aliphatic heterocycles. The Morgan fingerprint density at radius 2 is 1.69 bits per heavy atom. The number of aryl methyl sites for hydroxylation is 2. The molecule has 0 aliphatic rings. The van der Waals surface area contributed by atoms with Crippen LogP contribution in [0.3, 0.4) is 0 Å². The molecule has 3 aromatic carbocycles. The Bertz CT molecular complexity index is 1560. The highest BCUT2D eigenvalue weighted by molar-refractivity contribution is 6.10. The number of nitro groups is 1. The summed E-state index contributed by atoms with van der Waals surface area (Å²) in [7, 11) is 0. The van der Waals surface area contributed by atoms with E-state index in [0.29, 0.717) is 33.6 Å². The van der Waals surface area contributed by atoms with E-state index in [2.05, 4.69) is 5.32 Å². The number of non-ortho nitro benzene ring substituents is 1. The molecule has 2 heterocycles. The van der Waals surface area contributed by atoms with E-state index in [1.165, 1.54) is 12.1 Å². The third-order valence-corrected chi connectivity index (χ3v) is 5.44. The highest BCUT2D eigenvalue weighted by Crippen LogP contribution is 2.41. The molecular weight excluding hydrogens is 408 g/mol. The molecule has 0 atom stereocenters. The summed E-state index contributed by atoms with van der Waals surface area (Å²) < 4.78 is 11.8. The molecule has 7 nitrogen and oxygen atoms in total. The van der Waals surface area contributed by atoms with Crippen molar-refractivity contribution in [2.75, 3.05) is 5.32 Å². The number of para-hydroxylation sites is 1. The van der Waals surface area contributed by atoms with E-state index in [1.54, 1.807) is 24.3 Å². The van der Waals surface area contributed by atoms with Gasteiger partial charge >= 0.3 is 5.63 Å². The summed E-state index contributed by atoms with van der Waals surface area (Å²) in [6.45, 7) is 3.99. The second kappa shape index (κ2) is 7.39. The summed E-state index contributed by atoms with van der Waals surface area (Å²) in [5.74, 6) is 0.365. The third kappa shape index (κ3) is 3.20. The van der Waals surface area contributed by atoms with Crippen LogP contribution in [0.4, 0.5) is 17.3 Å². The van der Waals surface area contributed by atoms with E-state index in [4.69, 9.17) is 8.83 Å². The first-order valence-electron chi connectivity index (χ1n) is 10.00. The average Bonchev–Trinajstić information content (AvgIpc) is 3.16. The number of fused-ring (bicyclic) bond motifs is 3. The van der Waals surface area contributed by atoms with Crippen LogP contribution in [0, 0.1) is 24.0 Å². The van der Waals surface area contributed by atoms with E-state index in [1.807, 2.05) is 44.2 Å². The molecule has 5 rings (SSSR count). The molecule has 2 aromatic heterocycles. The van der Waals surface area contributed by atoms with Crippen molar-refractivity contribution in [2.45, 2.75) is 13.8 Å². The van der Waals surface area contributed by atoms with Crippen LogP contribution in [0.5, 0.6) is 0 Å². The fourth-order valence-electron chi connectivity index (χ4n) is 3.90. The molecule has 0 amide bonds. The van der Waals surface area contributed by atoms with Gasteiger partial charge in [0.1, 0.15) is 11.0 Å². The normalized spacial score (nSPS) is 11.2. The van der Waals surface area contributed by atoms with Gasteiger partial charge in [-0.2, -0.15) is 0 Å². The summed E-state index contributed by atoms with van der Waals surface area (Å²) in [4.78, 5) is 23.6. The summed E-state index contributed by atoms with van der Waals surface area (Å²) in [6, 6.07) is 19.1. The van der Waals surface area contributed by atoms with Crippen molar-refractivity contribution in [3.8, 4) is 11.1 Å². The van der Waals surface area contributed by atoms with Crippen molar-refractivity contribution >= 4 is 39.2 Å². The second-order valence-electron chi connectivity index (χ2n) is 7.64. The zero-order chi connectivity index (χ0) is 22.4. The number of nitro benzene ring substituents is 1. The molecular formula is C25H18N2O5. The van der Waals surface area contributed by atoms with Crippen molar-refractivity contribution in [1.29, 1.82) is 0 Å². The predicted octanol–water partition coefficient (Wildman–Crippen LogP) is 6.47. The minimum absolute atomic E-state index is 0.0390. The van der Waals surface area contributed by atoms with Crippen molar-refractivity contribution < 1.29 is 13.8 Å². The van der Waals surface area contributed by atoms with Crippen molar-refractivity contribution in [3.05, 3.63) is 98.4 Å². The molecule has 1 N–H and O–H groups in total. The SMILES string of the molecule is Cc1ccc(Nc2oc3c(c2-c2ccc([N+](=O)[O-])cc2)c(=O)oc2ccccc23)c(C)c1. The Morgan fingerprint density at radius 3 is 2.41 bits per heavy atom. The Labute approximate surface area is 182 Å². The van der Waals surface area contributed by atoms with Crippen LogP contribution < -0.4 is 10.9 Å². The van der Waals surface area contributed by atoms with Crippen LogP contribution >= 0.6 is 0 Å². The molecule has 32 heavy (non-hydrogen) atoms. The molecule has 0 spiro atoms. The quantitative estimate of drug-likeness (QED) is 0.201. The van der Waals surface area contributed by atoms with Gasteiger partial charge in [0.25, 0.3) is 5.69 Å². The van der Waals surface area contributed by atoms with E-state index in [9.17, 15) is 14.9 Å². The maximum Gasteiger partial charge on any atom is 0.348 e. The van der Waals surface area contributed by atoms with Gasteiger partial charge < -0.3 is 14.2 Å². The topological polar surface area (TPSA) is 98.5 Å². The molecule has 0 fully saturated rings. The average molecular weight is 426 g/mol. The number of furan rings is 1. The molecule has 7 heteroatoms. The Morgan fingerprint density at radius 1 is 0.938 bits per heavy atom. The fourth-order valence-corrected chi connectivity index (χ4v) is 3.90. The standard InChI is InChI=1S/C25H18N2O5/c1-14-7-12-19(15(2)13-14)26-24-21(16-8-10-17(11-9-16)27(29)30)22-23(32-24)18-5-3-4-6-20(18)31-25(22)28/h3-13,26H,1-2H3. The number of nitrogens with one attached hydrogen (secondary N) is 1. The van der Waals surface area contributed by atoms with Gasteiger partial charge in [0, 0.05) is 17.8 Å². The molecule has 0 saturated heterocycles. The minimum Gasteiger partial charge on any atom is -0.439 e. The third-order valence-electron chi connectivity index (χ3n) is 5.44. The molecule has 0 radical (unpaired) electrons. The maximum absolute atomic E-state index is 13.0. The number of nitrogens with zero attached hydrogens (tertiary/aromatic N) is 1. The monoisotopic (exact) mass is 426 g/mol. The van der Waals surface area contributed by atoms with Crippen LogP contribution in [0.1, 0.15) is 11.1 Å². The van der Waals surface area contributed by atoms with Gasteiger partial charge in [-0.15, -0.1) is 0 Å². The summed E-state index contributed by atoms with van der Waals surface area (Å²) in [5.41, 5.74) is 4.30. The summed E-state index contributed by atoms with van der Waals surface area (Å²) >= 11 is 0. The Balaban J connectivity index is 1.80. The number of rotatable bonds is 4. The largest absolute Gasteiger partial charge is 0.439 e. The fraction of sp³-hybridized carbons (Fsp3) is 0.0800. The van der Waals surface area contributed by atoms with Crippen molar-refractivity contribution in [3.63, 3.8) is 0 Å². The lowest BCUT2D eigenvalue weighted by Crippen LogP contribution is -2.00. The van der Waals surface area contributed by atoms with E-state index in [-0.39, 0.29) is 11.1 Å². The first kappa shape index (κ1) is 19.6. The van der Waals surface area contributed by atoms with Crippen molar-refractivity contribution in [1.82, 2.24) is 0 Å². The highest BCUT2D eigenvalue weighted by Gasteiger charge is 2.23. The van der Waals surface area contributed by atoms with E-state index < -0.39 is 10.5 Å². The maximum atomic E-state index is 13.0. The summed E-state index contributed by atoms with van der Waals surface area (Å²) in [5, 5.41) is 15.3. The predicted molar refractivity (Wildman–Crippen MR) is 124 cm³/mol. The van der Waals surface area contributed by atoms with Gasteiger partial charge in [-0.3, -0.25) is 10.1 Å². The molecule has 0 saturated carbocycles. The molecule has 158 valence electrons.